The predicted octanol–water partition coefficient (Wildman–Crippen LogP) is 19.1. The fraction of sp³-hybridized carbons (Fsp3) is 0.696. The minimum atomic E-state index is -1.74. The molecule has 492 valence electrons. The molecular weight excluding hydrogens is 1240 g/mol. The first kappa shape index (κ1) is 85.3. The zero-order valence-corrected chi connectivity index (χ0v) is 64.7. The van der Waals surface area contributed by atoms with Gasteiger partial charge >= 0.3 is 0 Å². The Balaban J connectivity index is 0. The van der Waals surface area contributed by atoms with Crippen molar-refractivity contribution in [3.63, 3.8) is 0 Å². The Morgan fingerprint density at radius 1 is 0.506 bits per heavy atom. The number of hydrogen-bond donors (Lipinski definition) is 2. The molecule has 4 rings (SSSR count). The van der Waals surface area contributed by atoms with E-state index in [1.807, 2.05) is 87.5 Å². The number of rotatable bonds is 28. The number of carbonyl (C=O) groups excluding carboxylic acids is 1. The van der Waals surface area contributed by atoms with Crippen LogP contribution >= 0.6 is 22.6 Å². The van der Waals surface area contributed by atoms with Crippen LogP contribution in [0.3, 0.4) is 0 Å². The molecule has 0 bridgehead atoms. The molecule has 1 aliphatic heterocycles. The van der Waals surface area contributed by atoms with Crippen molar-refractivity contribution in [2.75, 3.05) is 33.0 Å². The van der Waals surface area contributed by atoms with E-state index in [4.69, 9.17) is 41.8 Å². The second-order valence-electron chi connectivity index (χ2n) is 28.1. The average molecular weight is 1370 g/mol. The molecule has 3 aromatic carbocycles. The van der Waals surface area contributed by atoms with Crippen LogP contribution in [0.2, 0.25) is 72.5 Å². The number of ether oxygens (including phenoxy) is 4. The van der Waals surface area contributed by atoms with Gasteiger partial charge in [-0.25, -0.2) is 0 Å². The third kappa shape index (κ3) is 39.2. The smallest absolute Gasteiger partial charge is 0.193 e. The van der Waals surface area contributed by atoms with Gasteiger partial charge in [0, 0.05) is 0 Å². The van der Waals surface area contributed by atoms with E-state index >= 15 is 0 Å². The lowest BCUT2D eigenvalue weighted by Gasteiger charge is -2.39. The number of carbonyl (C=O) groups is 1. The topological polar surface area (TPSA) is 135 Å². The van der Waals surface area contributed by atoms with Crippen molar-refractivity contribution in [1.29, 1.82) is 0 Å². The first-order valence-corrected chi connectivity index (χ1v) is 44.3. The quantitative estimate of drug-likeness (QED) is 0.0311. The van der Waals surface area contributed by atoms with Crippen LogP contribution in [0.1, 0.15) is 166 Å². The van der Waals surface area contributed by atoms with Crippen molar-refractivity contribution in [2.45, 2.75) is 279 Å². The summed E-state index contributed by atoms with van der Waals surface area (Å²) in [7, 11) is -6.69. The third-order valence-corrected chi connectivity index (χ3v) is 35.0. The maximum absolute atomic E-state index is 10.6. The van der Waals surface area contributed by atoms with Crippen molar-refractivity contribution in [2.24, 2.45) is 0 Å². The van der Waals surface area contributed by atoms with Gasteiger partial charge in [0.15, 0.2) is 33.3 Å². The summed E-state index contributed by atoms with van der Waals surface area (Å²) in [6.07, 6.45) is 7.91. The Morgan fingerprint density at radius 2 is 0.835 bits per heavy atom. The van der Waals surface area contributed by atoms with Gasteiger partial charge in [-0.2, -0.15) is 0 Å². The highest BCUT2D eigenvalue weighted by Crippen LogP contribution is 2.40. The molecule has 1 saturated heterocycles. The van der Waals surface area contributed by atoms with Crippen LogP contribution in [0.25, 0.3) is 0 Å². The number of halogens is 1. The lowest BCUT2D eigenvalue weighted by atomic mass is 10.2. The average Bonchev–Trinajstić information content (AvgIpc) is 4.39. The molecule has 1 aliphatic rings. The molecule has 3 aromatic rings. The molecule has 6 atom stereocenters. The molecule has 0 radical (unpaired) electrons. The Labute approximate surface area is 539 Å². The first-order chi connectivity index (χ1) is 39.3. The summed E-state index contributed by atoms with van der Waals surface area (Å²) in [5, 5.41) is 19.2. The summed E-state index contributed by atoms with van der Waals surface area (Å²) in [4.78, 5) is 10.6. The normalized spacial score (nSPS) is 15.7. The molecule has 11 nitrogen and oxygen atoms in total. The zero-order valence-electron chi connectivity index (χ0n) is 58.5. The third-order valence-electron chi connectivity index (χ3n) is 16.5. The van der Waals surface area contributed by atoms with Gasteiger partial charge in [0.1, 0.15) is 18.5 Å². The molecule has 1 heterocycles. The molecule has 0 unspecified atom stereocenters. The number of benzene rings is 3. The number of hydrogen-bond acceptors (Lipinski definition) is 11. The van der Waals surface area contributed by atoms with Gasteiger partial charge in [0.25, 0.3) is 0 Å². The van der Waals surface area contributed by atoms with Crippen molar-refractivity contribution in [3.05, 3.63) is 118 Å². The number of epoxide rings is 1. The van der Waals surface area contributed by atoms with Gasteiger partial charge in [-0.15, -0.1) is 0 Å². The van der Waals surface area contributed by atoms with E-state index in [1.54, 1.807) is 0 Å². The highest BCUT2D eigenvalue weighted by Gasteiger charge is 2.41. The van der Waals surface area contributed by atoms with Gasteiger partial charge in [-0.3, -0.25) is 0 Å². The van der Waals surface area contributed by atoms with Crippen molar-refractivity contribution in [1.82, 2.24) is 0 Å². The maximum atomic E-state index is 10.6. The summed E-state index contributed by atoms with van der Waals surface area (Å²) < 4.78 is 48.1. The monoisotopic (exact) mass is 1370 g/mol. The van der Waals surface area contributed by atoms with Crippen LogP contribution < -0.4 is 0 Å². The highest BCUT2D eigenvalue weighted by molar-refractivity contribution is 14.1. The number of aliphatic hydroxyl groups excluding tert-OH is 2. The van der Waals surface area contributed by atoms with E-state index in [9.17, 15) is 9.90 Å². The first-order valence-electron chi connectivity index (χ1n) is 31.5. The molecule has 0 saturated carbocycles. The van der Waals surface area contributed by atoms with E-state index in [0.717, 1.165) is 57.2 Å². The molecule has 85 heavy (non-hydrogen) atoms. The summed E-state index contributed by atoms with van der Waals surface area (Å²) in [5.74, 6) is 0. The van der Waals surface area contributed by atoms with E-state index in [2.05, 4.69) is 206 Å². The summed E-state index contributed by atoms with van der Waals surface area (Å²) in [6.45, 7) is 59.9. The highest BCUT2D eigenvalue weighted by atomic mass is 127. The van der Waals surface area contributed by atoms with E-state index in [0.29, 0.717) is 50.3 Å². The van der Waals surface area contributed by atoms with E-state index < -0.39 is 33.3 Å². The minimum Gasteiger partial charge on any atom is -0.412 e. The minimum absolute atomic E-state index is 0.0286. The Morgan fingerprint density at radius 3 is 1.13 bits per heavy atom. The van der Waals surface area contributed by atoms with Crippen LogP contribution in [0.5, 0.6) is 0 Å². The molecule has 1 fully saturated rings. The van der Waals surface area contributed by atoms with E-state index in [1.165, 1.54) is 11.1 Å². The largest absolute Gasteiger partial charge is 0.412 e. The zero-order chi connectivity index (χ0) is 65.8. The molecule has 0 amide bonds. The molecule has 16 heteroatoms. The number of aliphatic hydroxyl groups is 2. The second kappa shape index (κ2) is 43.1. The van der Waals surface area contributed by atoms with Gasteiger partial charge in [0.2, 0.25) is 0 Å². The summed E-state index contributed by atoms with van der Waals surface area (Å²) in [6, 6.07) is 30.4. The van der Waals surface area contributed by atoms with Crippen LogP contribution in [0, 0.1) is 0 Å². The van der Waals surface area contributed by atoms with E-state index in [-0.39, 0.29) is 46.1 Å². The lowest BCUT2D eigenvalue weighted by molar-refractivity contribution is -0.114. The second-order valence-corrected chi connectivity index (χ2v) is 47.9. The van der Waals surface area contributed by atoms with Gasteiger partial charge in [-0.1, -0.05) is 237 Å². The Bertz CT molecular complexity index is 2110. The van der Waals surface area contributed by atoms with Crippen LogP contribution in [-0.2, 0) is 61.3 Å². The fourth-order valence-electron chi connectivity index (χ4n) is 6.26. The predicted molar refractivity (Wildman–Crippen MR) is 380 cm³/mol. The van der Waals surface area contributed by atoms with Gasteiger partial charge < -0.3 is 51.7 Å². The lowest BCUT2D eigenvalue weighted by Crippen LogP contribution is -2.44. The van der Waals surface area contributed by atoms with Crippen LogP contribution in [-0.4, -0.2) is 119 Å². The van der Waals surface area contributed by atoms with Gasteiger partial charge in [-0.05, 0) is 125 Å². The fourth-order valence-corrected chi connectivity index (χ4v) is 12.3. The molecule has 0 aliphatic carbocycles. The molecular formula is C69H127IO11Si4. The Kier molecular flexibility index (Phi) is 43.3. The maximum Gasteiger partial charge on any atom is 0.193 e. The van der Waals surface area contributed by atoms with Crippen molar-refractivity contribution in [3.8, 4) is 0 Å². The van der Waals surface area contributed by atoms with Crippen molar-refractivity contribution >= 4 is 62.1 Å². The van der Waals surface area contributed by atoms with Crippen LogP contribution in [0.15, 0.2) is 101 Å². The standard InChI is InChI=1S/C17H30O2Si.C11H23IOSi.C11H16O2.C10H24O2Si.C10H22O2Si.C10H12O2/c1-7-16(19-20(5,6)17(2,3)4)14-18-13-15-11-9-8-10-12-15;1-7-10(8-9-12)13-14(5,6)11(2,3)4;1-2-11(12)9-13-8-10-6-4-3-5-7-10;2*1-7-9(8-11)12-13(5,6)10(2,3)4;1-2-4-9(5-3-1)6-11-7-10-8-12-10/h8-12,16H,7,13-14H2,1-6H3;8-10H,7H2,1-6H3;3-7,11-12H,2,8-9H2,1H3;9,11H,7-8H2,1-6H3;8-9H,7H2,1-6H3;1-5,10H,6-8H2/b;9-8+;;;;/t16-;10-;11-;2*9-;10-/m111110/s1. The molecule has 0 spiro atoms. The Hall–Kier alpha value is -1.73. The summed E-state index contributed by atoms with van der Waals surface area (Å²) in [5.41, 5.74) is 3.58. The molecule has 0 aromatic heterocycles. The van der Waals surface area contributed by atoms with Crippen molar-refractivity contribution < 1.29 is 51.7 Å². The molecule has 2 N–H and O–H groups in total. The SMILES string of the molecule is CC[C@@H](O)COCc1ccccc1.CC[C@H](/C=C/I)O[Si](C)(C)C(C)(C)C.CC[C@H](C=O)O[Si](C)(C)C(C)(C)C.CC[C@H](CO)O[Si](C)(C)C(C)(C)C.CC[C@H](COCc1ccccc1)O[Si](C)(C)C(C)(C)C.c1ccc(COC[C@H]2CO2)cc1. The van der Waals surface area contributed by atoms with Crippen LogP contribution in [0.4, 0.5) is 0 Å². The summed E-state index contributed by atoms with van der Waals surface area (Å²) >= 11 is 2.25. The number of aldehydes is 1. The van der Waals surface area contributed by atoms with Gasteiger partial charge in [0.05, 0.1) is 77.3 Å².